The highest BCUT2D eigenvalue weighted by atomic mass is 32.2. The second-order valence-corrected chi connectivity index (χ2v) is 5.18. The molecule has 0 spiro atoms. The summed E-state index contributed by atoms with van der Waals surface area (Å²) < 4.78 is 1.23. The molecule has 1 heterocycles. The first-order chi connectivity index (χ1) is 6.76. The van der Waals surface area contributed by atoms with Crippen molar-refractivity contribution in [1.82, 2.24) is 0 Å². The highest BCUT2D eigenvalue weighted by Gasteiger charge is 2.06. The molecule has 0 bridgehead atoms. The summed E-state index contributed by atoms with van der Waals surface area (Å²) in [7, 11) is 0. The van der Waals surface area contributed by atoms with Crippen molar-refractivity contribution in [1.29, 1.82) is 0 Å². The molecule has 14 heavy (non-hydrogen) atoms. The average molecular weight is 242 g/mol. The molecule has 0 aliphatic heterocycles. The molecular weight excluding hydrogens is 232 g/mol. The zero-order valence-electron chi connectivity index (χ0n) is 7.65. The molecule has 4 heteroatoms. The van der Waals surface area contributed by atoms with Crippen LogP contribution in [-0.2, 0) is 6.61 Å². The van der Waals surface area contributed by atoms with Gasteiger partial charge >= 0.3 is 0 Å². The van der Waals surface area contributed by atoms with Gasteiger partial charge in [-0.3, -0.25) is 0 Å². The third kappa shape index (κ3) is 1.67. The fourth-order valence-electron chi connectivity index (χ4n) is 1.37. The van der Waals surface area contributed by atoms with Gasteiger partial charge in [0.15, 0.2) is 0 Å². The van der Waals surface area contributed by atoms with Gasteiger partial charge in [0.05, 0.1) is 6.61 Å². The molecule has 0 atom stereocenters. The summed E-state index contributed by atoms with van der Waals surface area (Å²) in [5.74, 6) is 0. The van der Waals surface area contributed by atoms with Gasteiger partial charge in [0.25, 0.3) is 0 Å². The number of hydrogen-bond acceptors (Lipinski definition) is 4. The molecule has 74 valence electrons. The molecule has 0 radical (unpaired) electrons. The smallest absolute Gasteiger partial charge is 0.0692 e. The fraction of sp³-hybridized carbons (Fsp3) is 0.200. The lowest BCUT2D eigenvalue weighted by atomic mass is 10.2. The van der Waals surface area contributed by atoms with Crippen LogP contribution in [0, 0.1) is 0 Å². The van der Waals surface area contributed by atoms with Crippen molar-refractivity contribution in [3.8, 4) is 0 Å². The lowest BCUT2D eigenvalue weighted by Crippen LogP contribution is -1.84. The first kappa shape index (κ1) is 10.4. The Bertz CT molecular complexity index is 462. The Balaban J connectivity index is 2.70. The summed E-state index contributed by atoms with van der Waals surface area (Å²) in [4.78, 5) is 2.14. The molecule has 1 N–H and O–H groups in total. The van der Waals surface area contributed by atoms with Crippen LogP contribution in [-0.4, -0.2) is 11.4 Å². The molecule has 1 nitrogen and oxygen atoms in total. The number of benzene rings is 1. The zero-order chi connectivity index (χ0) is 10.1. The van der Waals surface area contributed by atoms with Crippen molar-refractivity contribution in [2.24, 2.45) is 0 Å². The number of hydrogen-bond donors (Lipinski definition) is 2. The van der Waals surface area contributed by atoms with E-state index in [1.807, 2.05) is 12.1 Å². The van der Waals surface area contributed by atoms with Crippen molar-refractivity contribution >= 4 is 45.8 Å². The number of thiol groups is 1. The lowest BCUT2D eigenvalue weighted by Gasteiger charge is -2.02. The number of thiophene rings is 1. The van der Waals surface area contributed by atoms with Crippen LogP contribution < -0.4 is 0 Å². The van der Waals surface area contributed by atoms with Crippen LogP contribution in [0.25, 0.3) is 10.1 Å². The number of aliphatic hydroxyl groups is 1. The molecular formula is C10H10OS3. The van der Waals surface area contributed by atoms with Crippen molar-refractivity contribution in [3.05, 3.63) is 23.1 Å². The van der Waals surface area contributed by atoms with E-state index in [0.717, 1.165) is 10.5 Å². The zero-order valence-corrected chi connectivity index (χ0v) is 10.2. The largest absolute Gasteiger partial charge is 0.392 e. The maximum atomic E-state index is 9.13. The van der Waals surface area contributed by atoms with Crippen molar-refractivity contribution in [3.63, 3.8) is 0 Å². The number of rotatable bonds is 2. The van der Waals surface area contributed by atoms with Gasteiger partial charge in [-0.1, -0.05) is 0 Å². The van der Waals surface area contributed by atoms with Crippen molar-refractivity contribution in [2.75, 3.05) is 6.26 Å². The summed E-state index contributed by atoms with van der Waals surface area (Å²) in [5, 5.41) is 12.5. The molecule has 0 aliphatic carbocycles. The standard InChI is InChI=1S/C10H10OS3/c1-13-10-5-14-9-3-8(12)6(4-11)2-7(9)10/h2-3,5,11-12H,4H2,1H3. The molecule has 0 unspecified atom stereocenters. The third-order valence-corrected chi connectivity index (χ3v) is 4.42. The molecule has 2 rings (SSSR count). The quantitative estimate of drug-likeness (QED) is 0.622. The van der Waals surface area contributed by atoms with Gasteiger partial charge in [0.1, 0.15) is 0 Å². The van der Waals surface area contributed by atoms with Gasteiger partial charge < -0.3 is 5.11 Å². The van der Waals surface area contributed by atoms with Gasteiger partial charge in [-0.15, -0.1) is 35.7 Å². The summed E-state index contributed by atoms with van der Waals surface area (Å²) >= 11 is 7.79. The molecule has 0 saturated heterocycles. The first-order valence-electron chi connectivity index (χ1n) is 4.14. The summed E-state index contributed by atoms with van der Waals surface area (Å²) in [6.07, 6.45) is 2.06. The van der Waals surface area contributed by atoms with Crippen LogP contribution in [0.2, 0.25) is 0 Å². The van der Waals surface area contributed by atoms with Crippen molar-refractivity contribution < 1.29 is 5.11 Å². The Morgan fingerprint density at radius 2 is 2.29 bits per heavy atom. The van der Waals surface area contributed by atoms with E-state index in [4.69, 9.17) is 5.11 Å². The van der Waals surface area contributed by atoms with Gasteiger partial charge in [-0.05, 0) is 24.0 Å². The van der Waals surface area contributed by atoms with E-state index >= 15 is 0 Å². The Hall–Kier alpha value is -0.160. The Morgan fingerprint density at radius 3 is 2.93 bits per heavy atom. The second-order valence-electron chi connectivity index (χ2n) is 2.94. The van der Waals surface area contributed by atoms with E-state index in [9.17, 15) is 0 Å². The average Bonchev–Trinajstić information content (AvgIpc) is 2.58. The summed E-state index contributed by atoms with van der Waals surface area (Å²) in [5.41, 5.74) is 0.898. The maximum Gasteiger partial charge on any atom is 0.0692 e. The third-order valence-electron chi connectivity index (χ3n) is 2.13. The normalized spacial score (nSPS) is 11.1. The minimum Gasteiger partial charge on any atom is -0.392 e. The SMILES string of the molecule is CSc1csc2cc(S)c(CO)cc12. The minimum atomic E-state index is 0.0540. The lowest BCUT2D eigenvalue weighted by molar-refractivity contribution is 0.279. The maximum absolute atomic E-state index is 9.13. The van der Waals surface area contributed by atoms with E-state index in [1.165, 1.54) is 15.0 Å². The molecule has 2 aromatic rings. The van der Waals surface area contributed by atoms with Crippen LogP contribution in [0.4, 0.5) is 0 Å². The minimum absolute atomic E-state index is 0.0540. The van der Waals surface area contributed by atoms with E-state index < -0.39 is 0 Å². The predicted octanol–water partition coefficient (Wildman–Crippen LogP) is 3.40. The molecule has 1 aromatic carbocycles. The second kappa shape index (κ2) is 4.14. The monoisotopic (exact) mass is 242 g/mol. The number of fused-ring (bicyclic) bond motifs is 1. The highest BCUT2D eigenvalue weighted by Crippen LogP contribution is 2.34. The van der Waals surface area contributed by atoms with Crippen LogP contribution in [0.3, 0.4) is 0 Å². The van der Waals surface area contributed by atoms with Crippen LogP contribution in [0.15, 0.2) is 27.3 Å². The van der Waals surface area contributed by atoms with Crippen LogP contribution >= 0.6 is 35.7 Å². The molecule has 0 fully saturated rings. The molecule has 0 aliphatic rings. The first-order valence-corrected chi connectivity index (χ1v) is 6.69. The van der Waals surface area contributed by atoms with E-state index in [0.29, 0.717) is 0 Å². The Morgan fingerprint density at radius 1 is 1.50 bits per heavy atom. The molecule has 0 amide bonds. The van der Waals surface area contributed by atoms with E-state index in [1.54, 1.807) is 23.1 Å². The Kier molecular flexibility index (Phi) is 3.07. The Labute approximate surface area is 96.6 Å². The summed E-state index contributed by atoms with van der Waals surface area (Å²) in [6.45, 7) is 0.0540. The van der Waals surface area contributed by atoms with Crippen molar-refractivity contribution in [2.45, 2.75) is 16.4 Å². The molecule has 1 aromatic heterocycles. The predicted molar refractivity (Wildman–Crippen MR) is 66.8 cm³/mol. The summed E-state index contributed by atoms with van der Waals surface area (Å²) in [6, 6.07) is 4.05. The van der Waals surface area contributed by atoms with Gasteiger partial charge in [0.2, 0.25) is 0 Å². The van der Waals surface area contributed by atoms with Gasteiger partial charge in [0, 0.05) is 25.3 Å². The number of aliphatic hydroxyl groups excluding tert-OH is 1. The fourth-order valence-corrected chi connectivity index (χ4v) is 3.55. The van der Waals surface area contributed by atoms with Crippen LogP contribution in [0.5, 0.6) is 0 Å². The van der Waals surface area contributed by atoms with Gasteiger partial charge in [-0.2, -0.15) is 0 Å². The number of thioether (sulfide) groups is 1. The molecule has 0 saturated carbocycles. The van der Waals surface area contributed by atoms with E-state index in [2.05, 4.69) is 24.3 Å². The van der Waals surface area contributed by atoms with Gasteiger partial charge in [-0.25, -0.2) is 0 Å². The van der Waals surface area contributed by atoms with E-state index in [-0.39, 0.29) is 6.61 Å². The highest BCUT2D eigenvalue weighted by molar-refractivity contribution is 7.99. The topological polar surface area (TPSA) is 20.2 Å². The van der Waals surface area contributed by atoms with Crippen LogP contribution in [0.1, 0.15) is 5.56 Å².